The van der Waals surface area contributed by atoms with Crippen LogP contribution in [-0.2, 0) is 17.6 Å². The van der Waals surface area contributed by atoms with Gasteiger partial charge in [-0.25, -0.2) is 0 Å². The molecule has 0 aliphatic carbocycles. The van der Waals surface area contributed by atoms with Crippen molar-refractivity contribution in [1.29, 1.82) is 0 Å². The topological polar surface area (TPSA) is 44.5 Å². The van der Waals surface area contributed by atoms with Gasteiger partial charge >= 0.3 is 0 Å². The van der Waals surface area contributed by atoms with Gasteiger partial charge in [0.05, 0.1) is 6.61 Å². The number of hydrogen-bond donors (Lipinski definition) is 1. The van der Waals surface area contributed by atoms with Crippen molar-refractivity contribution >= 4 is 11.6 Å². The lowest BCUT2D eigenvalue weighted by Gasteiger charge is -2.25. The third kappa shape index (κ3) is 3.16. The van der Waals surface area contributed by atoms with E-state index in [4.69, 9.17) is 26.8 Å². The number of hydrogen-bond acceptors (Lipinski definition) is 3. The van der Waals surface area contributed by atoms with Gasteiger partial charge in [-0.3, -0.25) is 0 Å². The quantitative estimate of drug-likeness (QED) is 0.894. The Labute approximate surface area is 113 Å². The number of nitrogens with two attached hydrogens (primary N) is 1. The zero-order chi connectivity index (χ0) is 13.2. The third-order valence-electron chi connectivity index (χ3n) is 3.30. The van der Waals surface area contributed by atoms with E-state index in [1.54, 1.807) is 7.11 Å². The predicted octanol–water partition coefficient (Wildman–Crippen LogP) is 2.57. The van der Waals surface area contributed by atoms with Crippen molar-refractivity contribution in [2.75, 3.05) is 20.3 Å². The Balaban J connectivity index is 2.19. The fourth-order valence-electron chi connectivity index (χ4n) is 2.34. The number of ether oxygens (including phenoxy) is 2. The highest BCUT2D eigenvalue weighted by atomic mass is 35.5. The first kappa shape index (κ1) is 13.7. The van der Waals surface area contributed by atoms with Crippen LogP contribution in [0.2, 0.25) is 5.02 Å². The van der Waals surface area contributed by atoms with Crippen molar-refractivity contribution in [2.24, 2.45) is 5.73 Å². The van der Waals surface area contributed by atoms with Gasteiger partial charge in [-0.05, 0) is 43.0 Å². The summed E-state index contributed by atoms with van der Waals surface area (Å²) in [5.74, 6) is 0.980. The lowest BCUT2D eigenvalue weighted by molar-refractivity contribution is 0.171. The molecule has 1 aliphatic heterocycles. The fourth-order valence-corrected chi connectivity index (χ4v) is 2.60. The van der Waals surface area contributed by atoms with Gasteiger partial charge in [0.25, 0.3) is 0 Å². The van der Waals surface area contributed by atoms with Crippen molar-refractivity contribution in [1.82, 2.24) is 0 Å². The Kier molecular flexibility index (Phi) is 4.15. The van der Waals surface area contributed by atoms with Crippen LogP contribution in [0.4, 0.5) is 0 Å². The van der Waals surface area contributed by atoms with E-state index in [0.29, 0.717) is 6.61 Å². The van der Waals surface area contributed by atoms with E-state index in [2.05, 4.69) is 0 Å². The van der Waals surface area contributed by atoms with E-state index in [1.165, 1.54) is 5.56 Å². The van der Waals surface area contributed by atoms with Crippen LogP contribution in [0.5, 0.6) is 5.75 Å². The SMILES string of the molecule is COCCC(C)(N)Cc1cc(Cl)cc2c1OCC2. The number of rotatable bonds is 5. The largest absolute Gasteiger partial charge is 0.493 e. The summed E-state index contributed by atoms with van der Waals surface area (Å²) in [6, 6.07) is 3.94. The zero-order valence-electron chi connectivity index (χ0n) is 11.0. The van der Waals surface area contributed by atoms with Crippen LogP contribution in [0.25, 0.3) is 0 Å². The Morgan fingerprint density at radius 3 is 3.00 bits per heavy atom. The normalized spacial score (nSPS) is 17.1. The molecule has 3 nitrogen and oxygen atoms in total. The minimum absolute atomic E-state index is 0.305. The Morgan fingerprint density at radius 1 is 1.50 bits per heavy atom. The van der Waals surface area contributed by atoms with E-state index in [-0.39, 0.29) is 5.54 Å². The molecule has 4 heteroatoms. The molecular formula is C14H20ClNO2. The van der Waals surface area contributed by atoms with Gasteiger partial charge in [0.2, 0.25) is 0 Å². The molecule has 0 saturated heterocycles. The molecule has 0 radical (unpaired) electrons. The van der Waals surface area contributed by atoms with Gasteiger partial charge in [-0.2, -0.15) is 0 Å². The summed E-state index contributed by atoms with van der Waals surface area (Å²) < 4.78 is 10.8. The van der Waals surface area contributed by atoms with E-state index in [1.807, 2.05) is 19.1 Å². The maximum atomic E-state index is 6.30. The lowest BCUT2D eigenvalue weighted by Crippen LogP contribution is -2.39. The van der Waals surface area contributed by atoms with Crippen LogP contribution in [0.1, 0.15) is 24.5 Å². The van der Waals surface area contributed by atoms with Crippen LogP contribution in [0.3, 0.4) is 0 Å². The summed E-state index contributed by atoms with van der Waals surface area (Å²) in [4.78, 5) is 0. The average molecular weight is 270 g/mol. The fraction of sp³-hybridized carbons (Fsp3) is 0.571. The van der Waals surface area contributed by atoms with Gasteiger partial charge in [0.1, 0.15) is 5.75 Å². The van der Waals surface area contributed by atoms with E-state index in [9.17, 15) is 0 Å². The van der Waals surface area contributed by atoms with Gasteiger partial charge in [0, 0.05) is 30.7 Å². The molecule has 2 N–H and O–H groups in total. The van der Waals surface area contributed by atoms with Crippen LogP contribution >= 0.6 is 11.6 Å². The molecule has 0 amide bonds. The maximum absolute atomic E-state index is 6.30. The number of fused-ring (bicyclic) bond motifs is 1. The van der Waals surface area contributed by atoms with E-state index < -0.39 is 0 Å². The second-order valence-corrected chi connectivity index (χ2v) is 5.66. The van der Waals surface area contributed by atoms with E-state index in [0.717, 1.165) is 42.2 Å². The monoisotopic (exact) mass is 269 g/mol. The van der Waals surface area contributed by atoms with Crippen molar-refractivity contribution < 1.29 is 9.47 Å². The molecule has 1 unspecified atom stereocenters. The molecule has 1 heterocycles. The summed E-state index contributed by atoms with van der Waals surface area (Å²) in [5.41, 5.74) is 8.30. The first-order valence-electron chi connectivity index (χ1n) is 6.24. The standard InChI is InChI=1S/C14H20ClNO2/c1-14(16,4-6-17-2)9-11-8-12(15)7-10-3-5-18-13(10)11/h7-8H,3-6,9,16H2,1-2H3. The molecule has 0 saturated carbocycles. The number of halogens is 1. The Bertz CT molecular complexity index is 432. The van der Waals surface area contributed by atoms with Crippen LogP contribution in [-0.4, -0.2) is 25.9 Å². The van der Waals surface area contributed by atoms with Crippen LogP contribution in [0, 0.1) is 0 Å². The predicted molar refractivity (Wildman–Crippen MR) is 73.4 cm³/mol. The Hall–Kier alpha value is -0.770. The van der Waals surface area contributed by atoms with Gasteiger partial charge in [0.15, 0.2) is 0 Å². The molecule has 18 heavy (non-hydrogen) atoms. The highest BCUT2D eigenvalue weighted by Gasteiger charge is 2.24. The lowest BCUT2D eigenvalue weighted by atomic mass is 9.89. The average Bonchev–Trinajstić information content (AvgIpc) is 2.74. The second kappa shape index (κ2) is 5.47. The highest BCUT2D eigenvalue weighted by molar-refractivity contribution is 6.30. The van der Waals surface area contributed by atoms with Gasteiger partial charge in [-0.15, -0.1) is 0 Å². The zero-order valence-corrected chi connectivity index (χ0v) is 11.7. The first-order chi connectivity index (χ1) is 8.52. The molecule has 1 atom stereocenters. The molecule has 1 aliphatic rings. The molecule has 0 bridgehead atoms. The number of benzene rings is 1. The summed E-state index contributed by atoms with van der Waals surface area (Å²) in [6.45, 7) is 3.44. The minimum Gasteiger partial charge on any atom is -0.493 e. The summed E-state index contributed by atoms with van der Waals surface area (Å²) in [6.07, 6.45) is 2.49. The smallest absolute Gasteiger partial charge is 0.125 e. The highest BCUT2D eigenvalue weighted by Crippen LogP contribution is 2.34. The summed E-state index contributed by atoms with van der Waals surface area (Å²) in [5, 5.41) is 0.761. The molecular weight excluding hydrogens is 250 g/mol. The van der Waals surface area contributed by atoms with Crippen molar-refractivity contribution in [3.8, 4) is 5.75 Å². The molecule has 2 rings (SSSR count). The van der Waals surface area contributed by atoms with Crippen molar-refractivity contribution in [3.05, 3.63) is 28.3 Å². The van der Waals surface area contributed by atoms with Gasteiger partial charge < -0.3 is 15.2 Å². The maximum Gasteiger partial charge on any atom is 0.125 e. The van der Waals surface area contributed by atoms with E-state index >= 15 is 0 Å². The molecule has 0 fully saturated rings. The summed E-state index contributed by atoms with van der Waals surface area (Å²) >= 11 is 6.14. The van der Waals surface area contributed by atoms with Crippen molar-refractivity contribution in [3.63, 3.8) is 0 Å². The molecule has 1 aromatic rings. The first-order valence-corrected chi connectivity index (χ1v) is 6.61. The van der Waals surface area contributed by atoms with Gasteiger partial charge in [-0.1, -0.05) is 11.6 Å². The third-order valence-corrected chi connectivity index (χ3v) is 3.52. The second-order valence-electron chi connectivity index (χ2n) is 5.23. The van der Waals surface area contributed by atoms with Crippen molar-refractivity contribution in [2.45, 2.75) is 31.7 Å². The Morgan fingerprint density at radius 2 is 2.28 bits per heavy atom. The minimum atomic E-state index is -0.305. The molecule has 100 valence electrons. The molecule has 1 aromatic carbocycles. The molecule has 0 aromatic heterocycles. The van der Waals surface area contributed by atoms with Crippen LogP contribution in [0.15, 0.2) is 12.1 Å². The summed E-state index contributed by atoms with van der Waals surface area (Å²) in [7, 11) is 1.69. The van der Waals surface area contributed by atoms with Crippen LogP contribution < -0.4 is 10.5 Å². The molecule has 0 spiro atoms. The number of methoxy groups -OCH3 is 1.